The van der Waals surface area contributed by atoms with Crippen LogP contribution >= 0.6 is 12.4 Å². The normalized spacial score (nSPS) is 21.7. The Kier molecular flexibility index (Phi) is 4.83. The zero-order valence-electron chi connectivity index (χ0n) is 11.1. The van der Waals surface area contributed by atoms with Crippen LogP contribution in [0.4, 0.5) is 0 Å². The van der Waals surface area contributed by atoms with E-state index >= 15 is 0 Å². The summed E-state index contributed by atoms with van der Waals surface area (Å²) < 4.78 is 0. The Balaban J connectivity index is 0.00000133. The largest absolute Gasteiger partial charge is 0.338 e. The molecule has 3 nitrogen and oxygen atoms in total. The number of carbonyl (C=O) groups is 1. The van der Waals surface area contributed by atoms with Crippen molar-refractivity contribution in [3.8, 4) is 0 Å². The molecule has 0 radical (unpaired) electrons. The van der Waals surface area contributed by atoms with Gasteiger partial charge in [-0.25, -0.2) is 0 Å². The van der Waals surface area contributed by atoms with E-state index in [1.54, 1.807) is 0 Å². The van der Waals surface area contributed by atoms with Crippen LogP contribution in [0.3, 0.4) is 0 Å². The molecule has 3 rings (SSSR count). The third-order valence-corrected chi connectivity index (χ3v) is 4.11. The Morgan fingerprint density at radius 3 is 2.84 bits per heavy atom. The van der Waals surface area contributed by atoms with E-state index in [1.165, 1.54) is 11.1 Å². The number of carbonyl (C=O) groups excluding carboxylic acids is 1. The van der Waals surface area contributed by atoms with E-state index in [0.717, 1.165) is 45.4 Å². The third-order valence-electron chi connectivity index (χ3n) is 4.11. The van der Waals surface area contributed by atoms with Crippen LogP contribution in [0.1, 0.15) is 24.0 Å². The number of nitrogens with one attached hydrogen (secondary N) is 1. The van der Waals surface area contributed by atoms with Crippen molar-refractivity contribution in [3.63, 3.8) is 0 Å². The Morgan fingerprint density at radius 2 is 2.11 bits per heavy atom. The second-order valence-electron chi connectivity index (χ2n) is 5.40. The number of hydrogen-bond acceptors (Lipinski definition) is 2. The average Bonchev–Trinajstić information content (AvgIpc) is 2.91. The van der Waals surface area contributed by atoms with E-state index < -0.39 is 0 Å². The van der Waals surface area contributed by atoms with Crippen molar-refractivity contribution in [1.29, 1.82) is 0 Å². The highest BCUT2D eigenvalue weighted by Crippen LogP contribution is 2.21. The molecule has 2 aliphatic heterocycles. The van der Waals surface area contributed by atoms with Crippen molar-refractivity contribution >= 4 is 18.3 Å². The minimum absolute atomic E-state index is 0. The van der Waals surface area contributed by atoms with Crippen molar-refractivity contribution in [1.82, 2.24) is 10.2 Å². The molecule has 1 unspecified atom stereocenters. The Morgan fingerprint density at radius 1 is 1.32 bits per heavy atom. The maximum atomic E-state index is 12.3. The topological polar surface area (TPSA) is 32.3 Å². The Bertz CT molecular complexity index is 444. The zero-order valence-corrected chi connectivity index (χ0v) is 11.9. The quantitative estimate of drug-likeness (QED) is 0.899. The first-order valence-corrected chi connectivity index (χ1v) is 6.88. The Labute approximate surface area is 120 Å². The second kappa shape index (κ2) is 6.40. The van der Waals surface area contributed by atoms with Gasteiger partial charge in [0, 0.05) is 19.5 Å². The summed E-state index contributed by atoms with van der Waals surface area (Å²) in [4.78, 5) is 14.3. The fourth-order valence-corrected chi connectivity index (χ4v) is 2.97. The molecule has 2 heterocycles. The SMILES string of the molecule is Cl.O=C(CC1CCNC1)N1CCc2ccccc2C1. The van der Waals surface area contributed by atoms with Crippen molar-refractivity contribution in [2.75, 3.05) is 19.6 Å². The third kappa shape index (κ3) is 3.28. The molecule has 1 aromatic rings. The Hall–Kier alpha value is -1.06. The molecule has 1 amide bonds. The molecule has 104 valence electrons. The van der Waals surface area contributed by atoms with Crippen LogP contribution in [0.25, 0.3) is 0 Å². The van der Waals surface area contributed by atoms with Gasteiger partial charge in [0.05, 0.1) is 0 Å². The van der Waals surface area contributed by atoms with Gasteiger partial charge < -0.3 is 10.2 Å². The van der Waals surface area contributed by atoms with Gasteiger partial charge in [-0.2, -0.15) is 0 Å². The summed E-state index contributed by atoms with van der Waals surface area (Å²) in [5.41, 5.74) is 2.73. The lowest BCUT2D eigenvalue weighted by Crippen LogP contribution is -2.37. The zero-order chi connectivity index (χ0) is 12.4. The minimum Gasteiger partial charge on any atom is -0.338 e. The van der Waals surface area contributed by atoms with E-state index in [2.05, 4.69) is 29.6 Å². The van der Waals surface area contributed by atoms with Gasteiger partial charge in [-0.3, -0.25) is 4.79 Å². The van der Waals surface area contributed by atoms with Crippen molar-refractivity contribution in [2.24, 2.45) is 5.92 Å². The van der Waals surface area contributed by atoms with Crippen molar-refractivity contribution in [3.05, 3.63) is 35.4 Å². The molecule has 2 aliphatic rings. The molecule has 1 fully saturated rings. The molecule has 0 bridgehead atoms. The molecule has 0 aromatic heterocycles. The number of rotatable bonds is 2. The molecule has 0 spiro atoms. The molecule has 1 N–H and O–H groups in total. The lowest BCUT2D eigenvalue weighted by molar-refractivity contribution is -0.133. The summed E-state index contributed by atoms with van der Waals surface area (Å²) in [6.45, 7) is 3.77. The van der Waals surface area contributed by atoms with E-state index in [4.69, 9.17) is 0 Å². The van der Waals surface area contributed by atoms with Gasteiger partial charge in [0.2, 0.25) is 5.91 Å². The van der Waals surface area contributed by atoms with Gasteiger partial charge in [-0.1, -0.05) is 24.3 Å². The van der Waals surface area contributed by atoms with Gasteiger partial charge in [0.1, 0.15) is 0 Å². The van der Waals surface area contributed by atoms with E-state index in [9.17, 15) is 4.79 Å². The van der Waals surface area contributed by atoms with Crippen molar-refractivity contribution < 1.29 is 4.79 Å². The van der Waals surface area contributed by atoms with Crippen LogP contribution in [0.5, 0.6) is 0 Å². The maximum Gasteiger partial charge on any atom is 0.223 e. The fraction of sp³-hybridized carbons (Fsp3) is 0.533. The first kappa shape index (κ1) is 14.4. The van der Waals surface area contributed by atoms with Gasteiger partial charge >= 0.3 is 0 Å². The highest BCUT2D eigenvalue weighted by molar-refractivity contribution is 5.85. The number of nitrogens with zero attached hydrogens (tertiary/aromatic N) is 1. The summed E-state index contributed by atoms with van der Waals surface area (Å²) >= 11 is 0. The van der Waals surface area contributed by atoms with Gasteiger partial charge in [0.25, 0.3) is 0 Å². The standard InChI is InChI=1S/C15H20N2O.ClH/c18-15(9-12-5-7-16-10-12)17-8-6-13-3-1-2-4-14(13)11-17;/h1-4,12,16H,5-11H2;1H. The van der Waals surface area contributed by atoms with E-state index in [1.807, 2.05) is 4.90 Å². The first-order valence-electron chi connectivity index (χ1n) is 6.88. The summed E-state index contributed by atoms with van der Waals surface area (Å²) in [6, 6.07) is 8.47. The molecule has 4 heteroatoms. The van der Waals surface area contributed by atoms with E-state index in [0.29, 0.717) is 11.8 Å². The second-order valence-corrected chi connectivity index (χ2v) is 5.40. The predicted octanol–water partition coefficient (Wildman–Crippen LogP) is 1.99. The van der Waals surface area contributed by atoms with Gasteiger partial charge in [0.15, 0.2) is 0 Å². The molecule has 1 saturated heterocycles. The highest BCUT2D eigenvalue weighted by atomic mass is 35.5. The highest BCUT2D eigenvalue weighted by Gasteiger charge is 2.24. The summed E-state index contributed by atoms with van der Waals surface area (Å²) in [5, 5.41) is 3.33. The lowest BCUT2D eigenvalue weighted by Gasteiger charge is -2.29. The van der Waals surface area contributed by atoms with Gasteiger partial charge in [-0.15, -0.1) is 12.4 Å². The number of amides is 1. The molecular formula is C15H21ClN2O. The molecule has 0 saturated carbocycles. The average molecular weight is 281 g/mol. The number of fused-ring (bicyclic) bond motifs is 1. The molecule has 1 atom stereocenters. The molecule has 1 aromatic carbocycles. The first-order chi connectivity index (χ1) is 8.83. The molecule has 0 aliphatic carbocycles. The predicted molar refractivity (Wildman–Crippen MR) is 78.4 cm³/mol. The van der Waals surface area contributed by atoms with E-state index in [-0.39, 0.29) is 12.4 Å². The summed E-state index contributed by atoms with van der Waals surface area (Å²) in [6.07, 6.45) is 2.87. The fourth-order valence-electron chi connectivity index (χ4n) is 2.97. The van der Waals surface area contributed by atoms with Crippen LogP contribution in [0.2, 0.25) is 0 Å². The van der Waals surface area contributed by atoms with Crippen LogP contribution in [-0.4, -0.2) is 30.4 Å². The molecule has 19 heavy (non-hydrogen) atoms. The minimum atomic E-state index is 0. The number of hydrogen-bond donors (Lipinski definition) is 1. The molecular weight excluding hydrogens is 260 g/mol. The summed E-state index contributed by atoms with van der Waals surface area (Å²) in [7, 11) is 0. The van der Waals surface area contributed by atoms with Gasteiger partial charge in [-0.05, 0) is 43.0 Å². The monoisotopic (exact) mass is 280 g/mol. The number of benzene rings is 1. The van der Waals surface area contributed by atoms with Crippen molar-refractivity contribution in [2.45, 2.75) is 25.8 Å². The summed E-state index contributed by atoms with van der Waals surface area (Å²) in [5.74, 6) is 0.882. The van der Waals surface area contributed by atoms with Crippen LogP contribution in [0.15, 0.2) is 24.3 Å². The van der Waals surface area contributed by atoms with Crippen LogP contribution < -0.4 is 5.32 Å². The smallest absolute Gasteiger partial charge is 0.223 e. The maximum absolute atomic E-state index is 12.3. The number of halogens is 1. The van der Waals surface area contributed by atoms with Crippen LogP contribution in [-0.2, 0) is 17.8 Å². The van der Waals surface area contributed by atoms with Crippen LogP contribution in [0, 0.1) is 5.92 Å². The lowest BCUT2D eigenvalue weighted by atomic mass is 9.98.